The summed E-state index contributed by atoms with van der Waals surface area (Å²) in [5.74, 6) is -2.82. The van der Waals surface area contributed by atoms with Gasteiger partial charge in [0.2, 0.25) is 5.82 Å². The summed E-state index contributed by atoms with van der Waals surface area (Å²) in [6, 6.07) is 1.83. The second kappa shape index (κ2) is 7.16. The second-order valence-electron chi connectivity index (χ2n) is 5.29. The highest BCUT2D eigenvalue weighted by Crippen LogP contribution is 2.22. The molecular formula is C16H14F2N4O3S. The minimum atomic E-state index is -0.855. The molecule has 0 bridgehead atoms. The first-order valence-corrected chi connectivity index (χ1v) is 8.42. The molecule has 136 valence electrons. The van der Waals surface area contributed by atoms with E-state index in [1.165, 1.54) is 15.3 Å². The zero-order valence-corrected chi connectivity index (χ0v) is 14.7. The lowest BCUT2D eigenvalue weighted by Gasteiger charge is -2.05. The molecule has 0 saturated heterocycles. The zero-order valence-electron chi connectivity index (χ0n) is 13.9. The highest BCUT2D eigenvalue weighted by Gasteiger charge is 2.18. The predicted octanol–water partition coefficient (Wildman–Crippen LogP) is 2.02. The number of aromatic nitrogens is 3. The molecule has 0 N–H and O–H groups in total. The molecule has 2 heterocycles. The average molecular weight is 380 g/mol. The van der Waals surface area contributed by atoms with E-state index in [0.717, 1.165) is 17.4 Å². The third-order valence-electron chi connectivity index (χ3n) is 3.50. The quantitative estimate of drug-likeness (QED) is 0.649. The number of carbonyl (C=O) groups is 2. The molecule has 0 aliphatic carbocycles. The minimum Gasteiger partial charge on any atom is -0.465 e. The van der Waals surface area contributed by atoms with E-state index in [-0.39, 0.29) is 34.0 Å². The first kappa shape index (κ1) is 17.9. The number of aryl methyl sites for hydroxylation is 1. The van der Waals surface area contributed by atoms with Crippen molar-refractivity contribution in [2.24, 2.45) is 12.0 Å². The second-order valence-corrected chi connectivity index (χ2v) is 6.30. The van der Waals surface area contributed by atoms with E-state index in [4.69, 9.17) is 4.74 Å². The van der Waals surface area contributed by atoms with Crippen LogP contribution in [0.25, 0.3) is 10.2 Å². The van der Waals surface area contributed by atoms with Crippen molar-refractivity contribution in [3.8, 4) is 0 Å². The van der Waals surface area contributed by atoms with Crippen molar-refractivity contribution >= 4 is 33.4 Å². The maximum atomic E-state index is 14.3. The van der Waals surface area contributed by atoms with Crippen molar-refractivity contribution in [2.45, 2.75) is 13.5 Å². The zero-order chi connectivity index (χ0) is 18.8. The van der Waals surface area contributed by atoms with Crippen LogP contribution in [0.3, 0.4) is 0 Å². The molecular weight excluding hydrogens is 366 g/mol. The highest BCUT2D eigenvalue weighted by molar-refractivity contribution is 7.16. The van der Waals surface area contributed by atoms with Crippen LogP contribution < -0.4 is 4.80 Å². The largest absolute Gasteiger partial charge is 0.465 e. The summed E-state index contributed by atoms with van der Waals surface area (Å²) < 4.78 is 35.6. The third-order valence-corrected chi connectivity index (χ3v) is 4.52. The normalized spacial score (nSPS) is 11.9. The first-order valence-electron chi connectivity index (χ1n) is 7.61. The Morgan fingerprint density at radius 2 is 2.12 bits per heavy atom. The molecule has 1 aromatic carbocycles. The van der Waals surface area contributed by atoms with Crippen LogP contribution in [0.15, 0.2) is 29.5 Å². The summed E-state index contributed by atoms with van der Waals surface area (Å²) in [5.41, 5.74) is -0.0177. The van der Waals surface area contributed by atoms with Crippen LogP contribution in [0.4, 0.5) is 8.78 Å². The van der Waals surface area contributed by atoms with Gasteiger partial charge in [0.25, 0.3) is 0 Å². The van der Waals surface area contributed by atoms with Gasteiger partial charge in [-0.15, -0.1) is 0 Å². The Kier molecular flexibility index (Phi) is 4.94. The van der Waals surface area contributed by atoms with Gasteiger partial charge in [-0.05, 0) is 13.0 Å². The number of hydrogen-bond donors (Lipinski definition) is 0. The number of ether oxygens (including phenoxy) is 1. The van der Waals surface area contributed by atoms with Crippen LogP contribution in [0.1, 0.15) is 17.5 Å². The summed E-state index contributed by atoms with van der Waals surface area (Å²) in [6.45, 7) is 1.43. The van der Waals surface area contributed by atoms with Crippen molar-refractivity contribution in [1.82, 2.24) is 14.1 Å². The van der Waals surface area contributed by atoms with E-state index >= 15 is 0 Å². The number of fused-ring (bicyclic) bond motifs is 1. The highest BCUT2D eigenvalue weighted by atomic mass is 32.1. The Hall–Kier alpha value is -2.88. The van der Waals surface area contributed by atoms with E-state index in [2.05, 4.69) is 9.98 Å². The molecule has 0 radical (unpaired) electrons. The summed E-state index contributed by atoms with van der Waals surface area (Å²) in [6.07, 6.45) is 3.02. The maximum Gasteiger partial charge on any atom is 0.326 e. The lowest BCUT2D eigenvalue weighted by atomic mass is 10.3. The third kappa shape index (κ3) is 3.40. The molecule has 10 heteroatoms. The number of amides is 1. The fourth-order valence-electron chi connectivity index (χ4n) is 2.41. The number of thiazole rings is 1. The lowest BCUT2D eigenvalue weighted by Crippen LogP contribution is -2.24. The maximum absolute atomic E-state index is 14.3. The number of imidazole rings is 1. The van der Waals surface area contributed by atoms with E-state index in [1.807, 2.05) is 0 Å². The predicted molar refractivity (Wildman–Crippen MR) is 89.5 cm³/mol. The van der Waals surface area contributed by atoms with E-state index < -0.39 is 23.5 Å². The van der Waals surface area contributed by atoms with Crippen LogP contribution in [-0.2, 0) is 23.1 Å². The van der Waals surface area contributed by atoms with Crippen molar-refractivity contribution in [2.75, 3.05) is 6.61 Å². The Bertz CT molecular complexity index is 1070. The van der Waals surface area contributed by atoms with Gasteiger partial charge in [0.05, 0.1) is 16.8 Å². The molecule has 0 fully saturated rings. The summed E-state index contributed by atoms with van der Waals surface area (Å²) in [4.78, 5) is 32.1. The van der Waals surface area contributed by atoms with Gasteiger partial charge >= 0.3 is 11.9 Å². The molecule has 0 aliphatic rings. The molecule has 0 saturated carbocycles. The molecule has 0 unspecified atom stereocenters. The number of halogens is 2. The van der Waals surface area contributed by atoms with Crippen molar-refractivity contribution in [1.29, 1.82) is 0 Å². The van der Waals surface area contributed by atoms with Gasteiger partial charge in [-0.25, -0.2) is 13.8 Å². The molecule has 26 heavy (non-hydrogen) atoms. The van der Waals surface area contributed by atoms with Gasteiger partial charge in [0.15, 0.2) is 10.6 Å². The summed E-state index contributed by atoms with van der Waals surface area (Å²) >= 11 is 0.894. The van der Waals surface area contributed by atoms with Crippen molar-refractivity contribution < 1.29 is 23.1 Å². The van der Waals surface area contributed by atoms with Gasteiger partial charge in [-0.3, -0.25) is 9.59 Å². The molecule has 0 atom stereocenters. The van der Waals surface area contributed by atoms with E-state index in [1.54, 1.807) is 20.2 Å². The molecule has 0 spiro atoms. The molecule has 0 aliphatic heterocycles. The Morgan fingerprint density at radius 3 is 2.77 bits per heavy atom. The number of nitrogens with zero attached hydrogens (tertiary/aromatic N) is 4. The van der Waals surface area contributed by atoms with Crippen LogP contribution in [0.5, 0.6) is 0 Å². The van der Waals surface area contributed by atoms with Crippen molar-refractivity contribution in [3.63, 3.8) is 0 Å². The molecule has 2 aromatic heterocycles. The van der Waals surface area contributed by atoms with Gasteiger partial charge in [-0.1, -0.05) is 11.3 Å². The van der Waals surface area contributed by atoms with Gasteiger partial charge < -0.3 is 13.9 Å². The van der Waals surface area contributed by atoms with Crippen LogP contribution in [0.2, 0.25) is 0 Å². The van der Waals surface area contributed by atoms with Gasteiger partial charge in [0, 0.05) is 25.5 Å². The van der Waals surface area contributed by atoms with E-state index in [0.29, 0.717) is 6.07 Å². The monoisotopic (exact) mass is 380 g/mol. The standard InChI is InChI=1S/C16H14F2N4O3S/c1-3-25-12(23)8-22-13-10(18)6-9(17)7-11(13)26-16(22)20-15(24)14-19-4-5-21(14)2/h4-7H,3,8H2,1-2H3. The molecule has 7 nitrogen and oxygen atoms in total. The number of benzene rings is 1. The number of hydrogen-bond acceptors (Lipinski definition) is 5. The average Bonchev–Trinajstić information content (AvgIpc) is 3.12. The number of esters is 1. The van der Waals surface area contributed by atoms with Crippen LogP contribution in [0, 0.1) is 11.6 Å². The van der Waals surface area contributed by atoms with Gasteiger partial charge in [-0.2, -0.15) is 4.99 Å². The van der Waals surface area contributed by atoms with Gasteiger partial charge in [0.1, 0.15) is 12.4 Å². The SMILES string of the molecule is CCOC(=O)Cn1c(=NC(=O)c2nccn2C)sc2cc(F)cc(F)c21. The van der Waals surface area contributed by atoms with Crippen LogP contribution >= 0.6 is 11.3 Å². The number of rotatable bonds is 4. The minimum absolute atomic E-state index is 0.0177. The molecule has 3 rings (SSSR count). The Balaban J connectivity index is 2.18. The lowest BCUT2D eigenvalue weighted by molar-refractivity contribution is -0.143. The van der Waals surface area contributed by atoms with E-state index in [9.17, 15) is 18.4 Å². The van der Waals surface area contributed by atoms with Crippen molar-refractivity contribution in [3.05, 3.63) is 46.8 Å². The first-order chi connectivity index (χ1) is 12.4. The Labute approximate surface area is 150 Å². The fraction of sp³-hybridized carbons (Fsp3) is 0.250. The topological polar surface area (TPSA) is 78.5 Å². The smallest absolute Gasteiger partial charge is 0.326 e. The fourth-order valence-corrected chi connectivity index (χ4v) is 3.47. The Morgan fingerprint density at radius 1 is 1.35 bits per heavy atom. The summed E-state index contributed by atoms with van der Waals surface area (Å²) in [7, 11) is 1.63. The summed E-state index contributed by atoms with van der Waals surface area (Å²) in [5, 5.41) is 0. The number of carbonyl (C=O) groups excluding carboxylic acids is 2. The van der Waals surface area contributed by atoms with Crippen LogP contribution in [-0.4, -0.2) is 32.6 Å². The molecule has 1 amide bonds. The molecule has 3 aromatic rings.